The van der Waals surface area contributed by atoms with Gasteiger partial charge in [-0.3, -0.25) is 18.7 Å². The van der Waals surface area contributed by atoms with Crippen molar-refractivity contribution >= 4 is 11.9 Å². The van der Waals surface area contributed by atoms with Crippen molar-refractivity contribution in [1.29, 1.82) is 0 Å². The number of aromatic nitrogens is 2. The van der Waals surface area contributed by atoms with Crippen molar-refractivity contribution in [2.45, 2.75) is 44.2 Å². The Morgan fingerprint density at radius 3 is 2.50 bits per heavy atom. The summed E-state index contributed by atoms with van der Waals surface area (Å²) in [5.41, 5.74) is -2.33. The first-order valence-corrected chi connectivity index (χ1v) is 7.17. The number of nitrogens with zero attached hydrogens (tertiary/aromatic N) is 2. The first-order chi connectivity index (χ1) is 10.4. The molecule has 0 bridgehead atoms. The van der Waals surface area contributed by atoms with E-state index in [4.69, 9.17) is 0 Å². The number of carboxylic acid groups (broad SMARTS) is 1. The Labute approximate surface area is 126 Å². The zero-order valence-electron chi connectivity index (χ0n) is 12.4. The van der Waals surface area contributed by atoms with Gasteiger partial charge < -0.3 is 10.4 Å². The van der Waals surface area contributed by atoms with E-state index in [-0.39, 0.29) is 6.54 Å². The maximum absolute atomic E-state index is 12.1. The van der Waals surface area contributed by atoms with E-state index in [9.17, 15) is 24.3 Å². The van der Waals surface area contributed by atoms with Crippen LogP contribution in [0.3, 0.4) is 0 Å². The van der Waals surface area contributed by atoms with Crippen molar-refractivity contribution in [1.82, 2.24) is 14.5 Å². The van der Waals surface area contributed by atoms with Crippen molar-refractivity contribution in [2.75, 3.05) is 0 Å². The summed E-state index contributed by atoms with van der Waals surface area (Å²) in [6, 6.07) is 1.18. The van der Waals surface area contributed by atoms with Gasteiger partial charge in [0.15, 0.2) is 0 Å². The molecule has 0 spiro atoms. The van der Waals surface area contributed by atoms with E-state index in [0.29, 0.717) is 12.8 Å². The Kier molecular flexibility index (Phi) is 4.48. The van der Waals surface area contributed by atoms with E-state index in [1.807, 2.05) is 0 Å². The monoisotopic (exact) mass is 309 g/mol. The molecule has 0 radical (unpaired) electrons. The summed E-state index contributed by atoms with van der Waals surface area (Å²) in [6.07, 6.45) is 4.44. The van der Waals surface area contributed by atoms with E-state index in [1.165, 1.54) is 19.3 Å². The van der Waals surface area contributed by atoms with Crippen LogP contribution in [0.4, 0.5) is 0 Å². The molecule has 0 aliphatic heterocycles. The summed E-state index contributed by atoms with van der Waals surface area (Å²) < 4.78 is 1.97. The largest absolute Gasteiger partial charge is 0.480 e. The van der Waals surface area contributed by atoms with Crippen LogP contribution in [-0.4, -0.2) is 31.7 Å². The fourth-order valence-corrected chi connectivity index (χ4v) is 2.75. The first-order valence-electron chi connectivity index (χ1n) is 7.17. The van der Waals surface area contributed by atoms with Crippen LogP contribution in [0.2, 0.25) is 0 Å². The summed E-state index contributed by atoms with van der Waals surface area (Å²) in [7, 11) is 1.32. The molecule has 0 atom stereocenters. The summed E-state index contributed by atoms with van der Waals surface area (Å²) in [5, 5.41) is 12.0. The Balaban J connectivity index is 2.16. The van der Waals surface area contributed by atoms with Gasteiger partial charge in [-0.1, -0.05) is 19.3 Å². The standard InChI is InChI=1S/C14H19N3O5/c1-16-11(19)5-8-17(13(16)22)9-10(18)15-14(12(20)21)6-3-2-4-7-14/h5,8H,2-4,6-7,9H2,1H3,(H,15,18)(H,20,21). The number of nitrogens with one attached hydrogen (secondary N) is 1. The van der Waals surface area contributed by atoms with Crippen LogP contribution in [-0.2, 0) is 23.2 Å². The molecule has 2 rings (SSSR count). The number of hydrogen-bond acceptors (Lipinski definition) is 4. The molecule has 0 unspecified atom stereocenters. The lowest BCUT2D eigenvalue weighted by molar-refractivity contribution is -0.149. The average molecular weight is 309 g/mol. The van der Waals surface area contributed by atoms with Crippen molar-refractivity contribution in [3.05, 3.63) is 33.1 Å². The summed E-state index contributed by atoms with van der Waals surface area (Å²) in [5.74, 6) is -1.60. The lowest BCUT2D eigenvalue weighted by Crippen LogP contribution is -2.56. The third kappa shape index (κ3) is 3.10. The number of carbonyl (C=O) groups excluding carboxylic acids is 1. The highest BCUT2D eigenvalue weighted by atomic mass is 16.4. The molecule has 1 aliphatic rings. The van der Waals surface area contributed by atoms with E-state index in [1.54, 1.807) is 0 Å². The van der Waals surface area contributed by atoms with Gasteiger partial charge in [0.1, 0.15) is 12.1 Å². The maximum Gasteiger partial charge on any atom is 0.331 e. The Hall–Kier alpha value is -2.38. The minimum atomic E-state index is -1.25. The molecule has 1 saturated carbocycles. The molecule has 1 aromatic rings. The molecule has 1 aliphatic carbocycles. The number of rotatable bonds is 4. The molecule has 1 amide bonds. The van der Waals surface area contributed by atoms with Crippen LogP contribution >= 0.6 is 0 Å². The number of aliphatic carboxylic acids is 1. The average Bonchev–Trinajstić information content (AvgIpc) is 2.48. The topological polar surface area (TPSA) is 110 Å². The molecule has 2 N–H and O–H groups in total. The fraction of sp³-hybridized carbons (Fsp3) is 0.571. The minimum absolute atomic E-state index is 0.317. The van der Waals surface area contributed by atoms with Crippen molar-refractivity contribution in [3.63, 3.8) is 0 Å². The lowest BCUT2D eigenvalue weighted by atomic mass is 9.81. The molecular weight excluding hydrogens is 290 g/mol. The van der Waals surface area contributed by atoms with Gasteiger partial charge in [-0.2, -0.15) is 0 Å². The van der Waals surface area contributed by atoms with E-state index >= 15 is 0 Å². The van der Waals surface area contributed by atoms with Crippen LogP contribution in [0.5, 0.6) is 0 Å². The first kappa shape index (κ1) is 16.0. The summed E-state index contributed by atoms with van der Waals surface area (Å²) >= 11 is 0. The van der Waals surface area contributed by atoms with Crippen LogP contribution in [0.15, 0.2) is 21.9 Å². The lowest BCUT2D eigenvalue weighted by Gasteiger charge is -2.34. The molecule has 0 aromatic carbocycles. The van der Waals surface area contributed by atoms with Gasteiger partial charge in [-0.15, -0.1) is 0 Å². The second-order valence-corrected chi connectivity index (χ2v) is 5.62. The van der Waals surface area contributed by atoms with Gasteiger partial charge in [0.2, 0.25) is 5.91 Å². The third-order valence-corrected chi connectivity index (χ3v) is 4.07. The van der Waals surface area contributed by atoms with Gasteiger partial charge in [0.05, 0.1) is 0 Å². The molecule has 8 heteroatoms. The predicted octanol–water partition coefficient (Wildman–Crippen LogP) is -0.549. The second kappa shape index (κ2) is 6.17. The SMILES string of the molecule is Cn1c(=O)ccn(CC(=O)NC2(C(=O)O)CCCCC2)c1=O. The minimum Gasteiger partial charge on any atom is -0.480 e. The molecule has 120 valence electrons. The number of amides is 1. The molecular formula is C14H19N3O5. The van der Waals surface area contributed by atoms with Gasteiger partial charge in [0.25, 0.3) is 5.56 Å². The van der Waals surface area contributed by atoms with Gasteiger partial charge >= 0.3 is 11.7 Å². The Bertz CT molecular complexity index is 697. The molecule has 22 heavy (non-hydrogen) atoms. The van der Waals surface area contributed by atoms with Crippen molar-refractivity contribution in [2.24, 2.45) is 7.05 Å². The zero-order valence-corrected chi connectivity index (χ0v) is 12.4. The second-order valence-electron chi connectivity index (χ2n) is 5.62. The smallest absolute Gasteiger partial charge is 0.331 e. The van der Waals surface area contributed by atoms with Gasteiger partial charge in [-0.25, -0.2) is 9.59 Å². The third-order valence-electron chi connectivity index (χ3n) is 4.07. The maximum atomic E-state index is 12.1. The molecule has 1 heterocycles. The van der Waals surface area contributed by atoms with Gasteiger partial charge in [0, 0.05) is 19.3 Å². The van der Waals surface area contributed by atoms with E-state index in [0.717, 1.165) is 28.4 Å². The van der Waals surface area contributed by atoms with Gasteiger partial charge in [-0.05, 0) is 12.8 Å². The normalized spacial score (nSPS) is 17.0. The predicted molar refractivity (Wildman–Crippen MR) is 77.5 cm³/mol. The highest BCUT2D eigenvalue weighted by Crippen LogP contribution is 2.28. The molecule has 8 nitrogen and oxygen atoms in total. The van der Waals surface area contributed by atoms with Crippen molar-refractivity contribution < 1.29 is 14.7 Å². The highest BCUT2D eigenvalue weighted by Gasteiger charge is 2.40. The van der Waals surface area contributed by atoms with Crippen LogP contribution < -0.4 is 16.6 Å². The Morgan fingerprint density at radius 2 is 1.91 bits per heavy atom. The molecule has 1 aromatic heterocycles. The summed E-state index contributed by atoms with van der Waals surface area (Å²) in [6.45, 7) is -0.317. The number of hydrogen-bond donors (Lipinski definition) is 2. The van der Waals surface area contributed by atoms with Crippen LogP contribution in [0, 0.1) is 0 Å². The Morgan fingerprint density at radius 1 is 1.27 bits per heavy atom. The van der Waals surface area contributed by atoms with Crippen molar-refractivity contribution in [3.8, 4) is 0 Å². The van der Waals surface area contributed by atoms with E-state index in [2.05, 4.69) is 5.32 Å². The highest BCUT2D eigenvalue weighted by molar-refractivity contribution is 5.87. The zero-order chi connectivity index (χ0) is 16.3. The quantitative estimate of drug-likeness (QED) is 0.775. The number of carboxylic acids is 1. The number of carbonyl (C=O) groups is 2. The molecule has 1 fully saturated rings. The fourth-order valence-electron chi connectivity index (χ4n) is 2.75. The summed E-state index contributed by atoms with van der Waals surface area (Å²) in [4.78, 5) is 46.8. The van der Waals surface area contributed by atoms with Crippen LogP contribution in [0.1, 0.15) is 32.1 Å². The van der Waals surface area contributed by atoms with Crippen LogP contribution in [0.25, 0.3) is 0 Å². The molecule has 0 saturated heterocycles. The van der Waals surface area contributed by atoms with E-state index < -0.39 is 28.7 Å².